The molecule has 0 saturated carbocycles. The number of carbonyl (C=O) groups excluding carboxylic acids is 1. The Balaban J connectivity index is 1.41. The summed E-state index contributed by atoms with van der Waals surface area (Å²) in [5, 5.41) is 3.02. The van der Waals surface area contributed by atoms with Crippen LogP contribution in [0, 0.1) is 0 Å². The minimum Gasteiger partial charge on any atom is -0.463 e. The van der Waals surface area contributed by atoms with Crippen molar-refractivity contribution in [2.24, 2.45) is 0 Å². The van der Waals surface area contributed by atoms with Gasteiger partial charge in [-0.05, 0) is 42.8 Å². The van der Waals surface area contributed by atoms with Crippen molar-refractivity contribution in [3.05, 3.63) is 54.0 Å². The summed E-state index contributed by atoms with van der Waals surface area (Å²) in [5.74, 6) is 0.917. The SMILES string of the molecule is O=C(NC[C@H](c1ccco1)[NH+]1CCCC1)c1ccc(N2CCCS2(=O)=O)cc1. The molecule has 1 atom stereocenters. The lowest BCUT2D eigenvalue weighted by Crippen LogP contribution is -3.11. The fraction of sp³-hybridized carbons (Fsp3) is 0.450. The molecule has 7 nitrogen and oxygen atoms in total. The molecule has 0 unspecified atom stereocenters. The summed E-state index contributed by atoms with van der Waals surface area (Å²) in [4.78, 5) is 14.0. The number of hydrogen-bond acceptors (Lipinski definition) is 4. The lowest BCUT2D eigenvalue weighted by atomic mass is 10.1. The highest BCUT2D eigenvalue weighted by atomic mass is 32.2. The van der Waals surface area contributed by atoms with Crippen molar-refractivity contribution < 1.29 is 22.5 Å². The van der Waals surface area contributed by atoms with E-state index < -0.39 is 10.0 Å². The largest absolute Gasteiger partial charge is 0.463 e. The minimum absolute atomic E-state index is 0.107. The van der Waals surface area contributed by atoms with E-state index in [9.17, 15) is 13.2 Å². The number of nitrogens with zero attached hydrogens (tertiary/aromatic N) is 1. The van der Waals surface area contributed by atoms with Crippen LogP contribution in [-0.4, -0.2) is 46.3 Å². The first kappa shape index (κ1) is 19.0. The molecule has 2 saturated heterocycles. The van der Waals surface area contributed by atoms with Crippen molar-refractivity contribution in [2.45, 2.75) is 25.3 Å². The summed E-state index contributed by atoms with van der Waals surface area (Å²) < 4.78 is 31.1. The van der Waals surface area contributed by atoms with Crippen molar-refractivity contribution in [1.82, 2.24) is 5.32 Å². The number of amides is 1. The fourth-order valence-electron chi connectivity index (χ4n) is 4.12. The molecule has 28 heavy (non-hydrogen) atoms. The third-order valence-corrected chi connectivity index (χ3v) is 7.48. The fourth-order valence-corrected chi connectivity index (χ4v) is 5.68. The van der Waals surface area contributed by atoms with Crippen LogP contribution in [0.1, 0.15) is 41.4 Å². The van der Waals surface area contributed by atoms with E-state index in [-0.39, 0.29) is 17.7 Å². The van der Waals surface area contributed by atoms with E-state index in [1.54, 1.807) is 30.5 Å². The summed E-state index contributed by atoms with van der Waals surface area (Å²) >= 11 is 0. The Morgan fingerprint density at radius 3 is 2.50 bits per heavy atom. The Bertz CT molecular complexity index is 903. The van der Waals surface area contributed by atoms with Crippen molar-refractivity contribution >= 4 is 21.6 Å². The van der Waals surface area contributed by atoms with Gasteiger partial charge in [0.25, 0.3) is 5.91 Å². The van der Waals surface area contributed by atoms with Crippen LogP contribution >= 0.6 is 0 Å². The van der Waals surface area contributed by atoms with Gasteiger partial charge in [-0.2, -0.15) is 0 Å². The Morgan fingerprint density at radius 1 is 1.14 bits per heavy atom. The predicted molar refractivity (Wildman–Crippen MR) is 106 cm³/mol. The van der Waals surface area contributed by atoms with Crippen LogP contribution in [-0.2, 0) is 10.0 Å². The summed E-state index contributed by atoms with van der Waals surface area (Å²) in [6.07, 6.45) is 4.70. The Hall–Kier alpha value is -2.32. The number of rotatable bonds is 6. The quantitative estimate of drug-likeness (QED) is 0.752. The lowest BCUT2D eigenvalue weighted by molar-refractivity contribution is -0.919. The number of hydrogen-bond donors (Lipinski definition) is 2. The van der Waals surface area contributed by atoms with Gasteiger partial charge in [0, 0.05) is 24.9 Å². The molecule has 0 radical (unpaired) electrons. The van der Waals surface area contributed by atoms with Crippen LogP contribution in [0.25, 0.3) is 0 Å². The molecule has 2 aromatic rings. The molecule has 2 N–H and O–H groups in total. The topological polar surface area (TPSA) is 84.1 Å². The highest BCUT2D eigenvalue weighted by Gasteiger charge is 2.30. The predicted octanol–water partition coefficient (Wildman–Crippen LogP) is 0.969. The molecule has 0 spiro atoms. The maximum atomic E-state index is 12.6. The maximum absolute atomic E-state index is 12.6. The zero-order chi connectivity index (χ0) is 19.6. The molecule has 0 bridgehead atoms. The number of carbonyl (C=O) groups is 1. The minimum atomic E-state index is -3.21. The van der Waals surface area contributed by atoms with E-state index in [1.807, 2.05) is 12.1 Å². The Kier molecular flexibility index (Phi) is 5.41. The molecular formula is C20H26N3O4S+. The lowest BCUT2D eigenvalue weighted by Gasteiger charge is -2.23. The van der Waals surface area contributed by atoms with Crippen LogP contribution < -0.4 is 14.5 Å². The molecule has 150 valence electrons. The molecule has 2 aliphatic heterocycles. The standard InChI is InChI=1S/C20H25N3O4S/c24-20(16-6-8-17(9-7-16)23-12-4-14-28(23,25)26)21-15-18(19-5-3-13-27-19)22-10-1-2-11-22/h3,5-9,13,18H,1-2,4,10-12,14-15H2,(H,21,24)/p+1/t18-/m1/s1. The van der Waals surface area contributed by atoms with Crippen LogP contribution in [0.2, 0.25) is 0 Å². The summed E-state index contributed by atoms with van der Waals surface area (Å²) in [7, 11) is -3.21. The number of sulfonamides is 1. The van der Waals surface area contributed by atoms with Gasteiger partial charge in [0.1, 0.15) is 0 Å². The van der Waals surface area contributed by atoms with Crippen LogP contribution in [0.5, 0.6) is 0 Å². The summed E-state index contributed by atoms with van der Waals surface area (Å²) in [6.45, 7) is 3.17. The molecule has 1 aromatic carbocycles. The zero-order valence-corrected chi connectivity index (χ0v) is 16.6. The van der Waals surface area contributed by atoms with E-state index in [0.717, 1.165) is 18.8 Å². The van der Waals surface area contributed by atoms with Gasteiger partial charge in [-0.1, -0.05) is 0 Å². The second kappa shape index (κ2) is 7.97. The summed E-state index contributed by atoms with van der Waals surface area (Å²) in [5.41, 5.74) is 1.14. The molecule has 4 rings (SSSR count). The van der Waals surface area contributed by atoms with Gasteiger partial charge >= 0.3 is 0 Å². The highest BCUT2D eigenvalue weighted by Crippen LogP contribution is 2.24. The van der Waals surface area contributed by atoms with Crippen molar-refractivity contribution in [1.29, 1.82) is 0 Å². The summed E-state index contributed by atoms with van der Waals surface area (Å²) in [6, 6.07) is 10.7. The molecule has 1 amide bonds. The first-order chi connectivity index (χ1) is 13.5. The normalized spacial score (nSPS) is 20.4. The number of furan rings is 1. The maximum Gasteiger partial charge on any atom is 0.251 e. The van der Waals surface area contributed by atoms with E-state index >= 15 is 0 Å². The first-order valence-electron chi connectivity index (χ1n) is 9.81. The van der Waals surface area contributed by atoms with Gasteiger partial charge in [0.15, 0.2) is 11.8 Å². The number of benzene rings is 1. The molecule has 2 fully saturated rings. The van der Waals surface area contributed by atoms with Gasteiger partial charge < -0.3 is 14.6 Å². The van der Waals surface area contributed by atoms with Gasteiger partial charge in [0.2, 0.25) is 10.0 Å². The molecular weight excluding hydrogens is 378 g/mol. The number of nitrogens with one attached hydrogen (secondary N) is 2. The average Bonchev–Trinajstić information content (AvgIpc) is 3.44. The molecule has 1 aromatic heterocycles. The molecule has 2 aliphatic rings. The molecule has 0 aliphatic carbocycles. The van der Waals surface area contributed by atoms with Gasteiger partial charge in [-0.25, -0.2) is 8.42 Å². The molecule has 3 heterocycles. The van der Waals surface area contributed by atoms with Crippen LogP contribution in [0.3, 0.4) is 0 Å². The monoisotopic (exact) mass is 404 g/mol. The van der Waals surface area contributed by atoms with Crippen molar-refractivity contribution in [3.8, 4) is 0 Å². The van der Waals surface area contributed by atoms with Crippen molar-refractivity contribution in [2.75, 3.05) is 36.2 Å². The third kappa shape index (κ3) is 3.93. The Labute approximate surface area is 165 Å². The van der Waals surface area contributed by atoms with Gasteiger partial charge in [-0.3, -0.25) is 9.10 Å². The highest BCUT2D eigenvalue weighted by molar-refractivity contribution is 7.93. The van der Waals surface area contributed by atoms with E-state index in [1.165, 1.54) is 22.0 Å². The van der Waals surface area contributed by atoms with Crippen LogP contribution in [0.15, 0.2) is 47.1 Å². The zero-order valence-electron chi connectivity index (χ0n) is 15.8. The van der Waals surface area contributed by atoms with Crippen molar-refractivity contribution in [3.63, 3.8) is 0 Å². The van der Waals surface area contributed by atoms with E-state index in [0.29, 0.717) is 30.8 Å². The molecule has 8 heteroatoms. The van der Waals surface area contributed by atoms with Gasteiger partial charge in [-0.15, -0.1) is 0 Å². The smallest absolute Gasteiger partial charge is 0.251 e. The number of anilines is 1. The first-order valence-corrected chi connectivity index (χ1v) is 11.4. The Morgan fingerprint density at radius 2 is 1.89 bits per heavy atom. The number of quaternary nitrogens is 1. The average molecular weight is 405 g/mol. The van der Waals surface area contributed by atoms with Crippen LogP contribution in [0.4, 0.5) is 5.69 Å². The second-order valence-electron chi connectivity index (χ2n) is 7.43. The van der Waals surface area contributed by atoms with Gasteiger partial charge in [0.05, 0.1) is 37.3 Å². The second-order valence-corrected chi connectivity index (χ2v) is 9.44. The van der Waals surface area contributed by atoms with E-state index in [4.69, 9.17) is 4.42 Å². The number of likely N-dealkylation sites (tertiary alicyclic amines) is 1. The third-order valence-electron chi connectivity index (χ3n) is 5.61. The van der Waals surface area contributed by atoms with E-state index in [2.05, 4.69) is 5.32 Å².